The van der Waals surface area contributed by atoms with Gasteiger partial charge in [-0.05, 0) is 54.7 Å². The van der Waals surface area contributed by atoms with Gasteiger partial charge in [0.25, 0.3) is 5.91 Å². The van der Waals surface area contributed by atoms with E-state index in [0.717, 1.165) is 5.56 Å². The minimum Gasteiger partial charge on any atom is -0.497 e. The summed E-state index contributed by atoms with van der Waals surface area (Å²) in [6.07, 6.45) is 1.13. The van der Waals surface area contributed by atoms with Gasteiger partial charge in [-0.2, -0.15) is 4.31 Å². The number of rotatable bonds is 4. The number of fused-ring (bicyclic) bond motifs is 1. The van der Waals surface area contributed by atoms with Crippen LogP contribution < -0.4 is 4.74 Å². The molecule has 1 amide bonds. The maximum absolute atomic E-state index is 13.2. The number of hydrogen-bond acceptors (Lipinski definition) is 4. The SMILES string of the molecule is COc1cccc(C(=O)N2CC[C@@H]3CN(Cc4cccc(Cl)c4)S(=O)(=O)[C@@H]3CC2)c1. The summed E-state index contributed by atoms with van der Waals surface area (Å²) in [7, 11) is -1.85. The van der Waals surface area contributed by atoms with E-state index in [0.29, 0.717) is 55.4 Å². The van der Waals surface area contributed by atoms with Crippen molar-refractivity contribution >= 4 is 27.5 Å². The molecule has 0 bridgehead atoms. The Labute approximate surface area is 182 Å². The van der Waals surface area contributed by atoms with Gasteiger partial charge in [0.05, 0.1) is 12.4 Å². The van der Waals surface area contributed by atoms with Crippen LogP contribution in [0, 0.1) is 5.92 Å². The first kappa shape index (κ1) is 21.2. The van der Waals surface area contributed by atoms with Crippen molar-refractivity contribution < 1.29 is 17.9 Å². The zero-order valence-electron chi connectivity index (χ0n) is 16.8. The van der Waals surface area contributed by atoms with Crippen molar-refractivity contribution in [2.45, 2.75) is 24.6 Å². The molecule has 0 unspecified atom stereocenters. The summed E-state index contributed by atoms with van der Waals surface area (Å²) in [5, 5.41) is 0.157. The molecule has 6 nitrogen and oxygen atoms in total. The topological polar surface area (TPSA) is 66.9 Å². The molecule has 4 rings (SSSR count). The standard InChI is InChI=1S/C22H25ClN2O4S/c1-29-20-7-3-5-17(13-20)22(26)24-10-8-18-15-25(30(27,28)21(18)9-11-24)14-16-4-2-6-19(23)12-16/h2-7,12-13,18,21H,8-11,14-15H2,1H3/t18-,21-/m1/s1. The predicted molar refractivity (Wildman–Crippen MR) is 116 cm³/mol. The molecule has 0 radical (unpaired) electrons. The van der Waals surface area contributed by atoms with Crippen LogP contribution in [0.1, 0.15) is 28.8 Å². The number of hydrogen-bond donors (Lipinski definition) is 0. The Morgan fingerprint density at radius 2 is 1.90 bits per heavy atom. The summed E-state index contributed by atoms with van der Waals surface area (Å²) in [5.41, 5.74) is 1.45. The third-order valence-electron chi connectivity index (χ3n) is 6.01. The number of likely N-dealkylation sites (tertiary alicyclic amines) is 1. The molecule has 2 atom stereocenters. The lowest BCUT2D eigenvalue weighted by Gasteiger charge is -2.22. The average Bonchev–Trinajstić information content (AvgIpc) is 2.87. The van der Waals surface area contributed by atoms with E-state index < -0.39 is 15.3 Å². The molecule has 160 valence electrons. The Kier molecular flexibility index (Phi) is 6.04. The van der Waals surface area contributed by atoms with E-state index in [1.165, 1.54) is 0 Å². The third-order valence-corrected chi connectivity index (χ3v) is 8.63. The molecule has 2 fully saturated rings. The molecule has 0 spiro atoms. The molecular weight excluding hydrogens is 424 g/mol. The molecule has 2 saturated heterocycles. The van der Waals surface area contributed by atoms with Gasteiger partial charge in [-0.1, -0.05) is 29.8 Å². The van der Waals surface area contributed by atoms with Crippen molar-refractivity contribution in [1.82, 2.24) is 9.21 Å². The largest absolute Gasteiger partial charge is 0.497 e. The van der Waals surface area contributed by atoms with Gasteiger partial charge in [0, 0.05) is 36.8 Å². The summed E-state index contributed by atoms with van der Waals surface area (Å²) >= 11 is 6.05. The Hall–Kier alpha value is -2.09. The Morgan fingerprint density at radius 1 is 1.13 bits per heavy atom. The third kappa shape index (κ3) is 4.19. The molecule has 0 N–H and O–H groups in total. The maximum atomic E-state index is 13.2. The van der Waals surface area contributed by atoms with Crippen LogP contribution in [0.3, 0.4) is 0 Å². The van der Waals surface area contributed by atoms with Gasteiger partial charge >= 0.3 is 0 Å². The summed E-state index contributed by atoms with van der Waals surface area (Å²) < 4.78 is 33.1. The Balaban J connectivity index is 1.46. The minimum absolute atomic E-state index is 0.0253. The van der Waals surface area contributed by atoms with Gasteiger partial charge in [-0.3, -0.25) is 4.79 Å². The minimum atomic E-state index is -3.41. The van der Waals surface area contributed by atoms with Crippen molar-refractivity contribution in [3.63, 3.8) is 0 Å². The van der Waals surface area contributed by atoms with Crippen molar-refractivity contribution in [3.8, 4) is 5.75 Å². The first-order chi connectivity index (χ1) is 14.4. The van der Waals surface area contributed by atoms with Crippen LogP contribution in [0.2, 0.25) is 5.02 Å². The van der Waals surface area contributed by atoms with E-state index in [1.54, 1.807) is 52.7 Å². The second-order valence-corrected chi connectivity index (χ2v) is 10.5. The number of amides is 1. The van der Waals surface area contributed by atoms with E-state index in [4.69, 9.17) is 16.3 Å². The normalized spacial score (nSPS) is 23.6. The van der Waals surface area contributed by atoms with Crippen LogP contribution in [-0.2, 0) is 16.6 Å². The fourth-order valence-electron chi connectivity index (χ4n) is 4.43. The molecule has 2 heterocycles. The van der Waals surface area contributed by atoms with Crippen molar-refractivity contribution in [1.29, 1.82) is 0 Å². The summed E-state index contributed by atoms with van der Waals surface area (Å²) in [4.78, 5) is 14.7. The molecular formula is C22H25ClN2O4S. The highest BCUT2D eigenvalue weighted by Crippen LogP contribution is 2.35. The molecule has 2 aromatic rings. The van der Waals surface area contributed by atoms with Crippen molar-refractivity contribution in [3.05, 3.63) is 64.7 Å². The zero-order valence-corrected chi connectivity index (χ0v) is 18.4. The van der Waals surface area contributed by atoms with Crippen LogP contribution in [0.5, 0.6) is 5.75 Å². The van der Waals surface area contributed by atoms with Gasteiger partial charge in [-0.25, -0.2) is 8.42 Å². The molecule has 2 aromatic carbocycles. The monoisotopic (exact) mass is 448 g/mol. The van der Waals surface area contributed by atoms with Gasteiger partial charge in [0.1, 0.15) is 5.75 Å². The quantitative estimate of drug-likeness (QED) is 0.718. The van der Waals surface area contributed by atoms with Crippen LogP contribution >= 0.6 is 11.6 Å². The van der Waals surface area contributed by atoms with E-state index in [9.17, 15) is 13.2 Å². The highest BCUT2D eigenvalue weighted by atomic mass is 35.5. The van der Waals surface area contributed by atoms with E-state index in [-0.39, 0.29) is 11.8 Å². The number of methoxy groups -OCH3 is 1. The first-order valence-electron chi connectivity index (χ1n) is 10.0. The number of benzene rings is 2. The number of sulfonamides is 1. The van der Waals surface area contributed by atoms with Crippen molar-refractivity contribution in [2.24, 2.45) is 5.92 Å². The van der Waals surface area contributed by atoms with Crippen LogP contribution in [0.15, 0.2) is 48.5 Å². The first-order valence-corrected chi connectivity index (χ1v) is 11.9. The zero-order chi connectivity index (χ0) is 21.3. The average molecular weight is 449 g/mol. The van der Waals surface area contributed by atoms with Crippen LogP contribution in [0.25, 0.3) is 0 Å². The van der Waals surface area contributed by atoms with Gasteiger partial charge in [0.2, 0.25) is 10.0 Å². The molecule has 8 heteroatoms. The summed E-state index contributed by atoms with van der Waals surface area (Å²) in [6.45, 7) is 1.81. The number of halogens is 1. The predicted octanol–water partition coefficient (Wildman–Crippen LogP) is 3.42. The smallest absolute Gasteiger partial charge is 0.253 e. The molecule has 2 aliphatic heterocycles. The molecule has 0 saturated carbocycles. The molecule has 30 heavy (non-hydrogen) atoms. The highest BCUT2D eigenvalue weighted by Gasteiger charge is 2.47. The van der Waals surface area contributed by atoms with Gasteiger partial charge in [-0.15, -0.1) is 0 Å². The lowest BCUT2D eigenvalue weighted by Crippen LogP contribution is -2.34. The van der Waals surface area contributed by atoms with Crippen LogP contribution in [0.4, 0.5) is 0 Å². The van der Waals surface area contributed by atoms with Crippen LogP contribution in [-0.4, -0.2) is 55.5 Å². The second-order valence-electron chi connectivity index (χ2n) is 7.87. The van der Waals surface area contributed by atoms with Crippen molar-refractivity contribution in [2.75, 3.05) is 26.7 Å². The second kappa shape index (κ2) is 8.57. The fourth-order valence-corrected chi connectivity index (χ4v) is 6.87. The Bertz CT molecular complexity index is 1040. The lowest BCUT2D eigenvalue weighted by atomic mass is 10.0. The van der Waals surface area contributed by atoms with Gasteiger partial charge in [0.15, 0.2) is 0 Å². The van der Waals surface area contributed by atoms with E-state index in [2.05, 4.69) is 0 Å². The van der Waals surface area contributed by atoms with E-state index >= 15 is 0 Å². The number of ether oxygens (including phenoxy) is 1. The van der Waals surface area contributed by atoms with Gasteiger partial charge < -0.3 is 9.64 Å². The summed E-state index contributed by atoms with van der Waals surface area (Å²) in [5.74, 6) is 0.575. The molecule has 0 aliphatic carbocycles. The highest BCUT2D eigenvalue weighted by molar-refractivity contribution is 7.90. The van der Waals surface area contributed by atoms with E-state index in [1.807, 2.05) is 12.1 Å². The Morgan fingerprint density at radius 3 is 2.67 bits per heavy atom. The fraction of sp³-hybridized carbons (Fsp3) is 0.409. The maximum Gasteiger partial charge on any atom is 0.253 e. The molecule has 0 aromatic heterocycles. The number of carbonyl (C=O) groups is 1. The summed E-state index contributed by atoms with van der Waals surface area (Å²) in [6, 6.07) is 14.4. The molecule has 2 aliphatic rings. The number of nitrogens with zero attached hydrogens (tertiary/aromatic N) is 2. The lowest BCUT2D eigenvalue weighted by molar-refractivity contribution is 0.0758. The number of carbonyl (C=O) groups excluding carboxylic acids is 1.